The van der Waals surface area contributed by atoms with Gasteiger partial charge in [-0.25, -0.2) is 0 Å². The van der Waals surface area contributed by atoms with Gasteiger partial charge in [0.25, 0.3) is 0 Å². The molecule has 2 nitrogen and oxygen atoms in total. The van der Waals surface area contributed by atoms with Crippen LogP contribution in [-0.2, 0) is 0 Å². The lowest BCUT2D eigenvalue weighted by Gasteiger charge is -2.07. The van der Waals surface area contributed by atoms with Gasteiger partial charge in [-0.1, -0.05) is 90.9 Å². The largest absolute Gasteiger partial charge is 0.258 e. The molecule has 2 heteroatoms. The first-order valence-corrected chi connectivity index (χ1v) is 9.37. The Morgan fingerprint density at radius 2 is 0.700 bits per heavy atom. The molecule has 0 saturated carbocycles. The Balaban J connectivity index is 2.89. The van der Waals surface area contributed by atoms with Crippen molar-refractivity contribution in [2.75, 3.05) is 13.1 Å². The van der Waals surface area contributed by atoms with E-state index in [1.165, 1.54) is 89.9 Å². The summed E-state index contributed by atoms with van der Waals surface area (Å²) in [5, 5.41) is 0. The lowest BCUT2D eigenvalue weighted by atomic mass is 10.1. The molecule has 0 amide bonds. The maximum absolute atomic E-state index is 3.35. The maximum Gasteiger partial charge on any atom is 0.00997 e. The van der Waals surface area contributed by atoms with Crippen molar-refractivity contribution in [1.29, 1.82) is 0 Å². The topological polar surface area (TPSA) is 24.1 Å². The third kappa shape index (κ3) is 17.9. The Morgan fingerprint density at radius 3 is 1.05 bits per heavy atom. The van der Waals surface area contributed by atoms with Crippen molar-refractivity contribution >= 4 is 0 Å². The van der Waals surface area contributed by atoms with Crippen LogP contribution in [0, 0.1) is 0 Å². The van der Waals surface area contributed by atoms with Crippen molar-refractivity contribution in [2.45, 2.75) is 104 Å². The highest BCUT2D eigenvalue weighted by molar-refractivity contribution is 4.49. The smallest absolute Gasteiger partial charge is 0.00997 e. The Kier molecular flexibility index (Phi) is 18.8. The molecule has 122 valence electrons. The van der Waals surface area contributed by atoms with E-state index in [2.05, 4.69) is 24.7 Å². The van der Waals surface area contributed by atoms with E-state index in [1.54, 1.807) is 0 Å². The molecular weight excluding hydrogens is 244 g/mol. The van der Waals surface area contributed by atoms with Gasteiger partial charge in [-0.05, 0) is 12.8 Å². The molecule has 0 bridgehead atoms. The van der Waals surface area contributed by atoms with Crippen LogP contribution in [0.2, 0.25) is 0 Å². The monoisotopic (exact) mass is 284 g/mol. The molecule has 0 atom stereocenters. The van der Waals surface area contributed by atoms with Crippen molar-refractivity contribution in [1.82, 2.24) is 10.9 Å². The number of rotatable bonds is 17. The fourth-order valence-corrected chi connectivity index (χ4v) is 2.52. The zero-order valence-electron chi connectivity index (χ0n) is 14.3. The molecule has 0 aromatic carbocycles. The number of hydrazine groups is 1. The minimum absolute atomic E-state index is 1.13. The molecule has 20 heavy (non-hydrogen) atoms. The van der Waals surface area contributed by atoms with E-state index in [0.717, 1.165) is 13.1 Å². The fraction of sp³-hybridized carbons (Fsp3) is 1.00. The molecule has 0 rings (SSSR count). The molecule has 0 radical (unpaired) electrons. The van der Waals surface area contributed by atoms with Crippen LogP contribution < -0.4 is 10.9 Å². The summed E-state index contributed by atoms with van der Waals surface area (Å²) in [6.07, 6.45) is 19.5. The molecule has 0 unspecified atom stereocenters. The normalized spacial score (nSPS) is 11.1. The second kappa shape index (κ2) is 18.9. The van der Waals surface area contributed by atoms with Gasteiger partial charge in [0.15, 0.2) is 0 Å². The quantitative estimate of drug-likeness (QED) is 0.269. The number of hydrogen-bond acceptors (Lipinski definition) is 2. The SMILES string of the molecule is CCCCCCCCCNNCCCCCCCCC. The third-order valence-corrected chi connectivity index (χ3v) is 3.94. The average molecular weight is 285 g/mol. The highest BCUT2D eigenvalue weighted by Crippen LogP contribution is 2.07. The van der Waals surface area contributed by atoms with Crippen molar-refractivity contribution < 1.29 is 0 Å². The van der Waals surface area contributed by atoms with E-state index >= 15 is 0 Å². The molecule has 0 aromatic rings. The standard InChI is InChI=1S/C18H40N2/c1-3-5-7-9-11-13-15-17-19-20-18-16-14-12-10-8-6-4-2/h19-20H,3-18H2,1-2H3. The van der Waals surface area contributed by atoms with E-state index < -0.39 is 0 Å². The van der Waals surface area contributed by atoms with Crippen molar-refractivity contribution in [2.24, 2.45) is 0 Å². The van der Waals surface area contributed by atoms with Gasteiger partial charge in [-0.3, -0.25) is 10.9 Å². The molecule has 0 aliphatic rings. The molecular formula is C18H40N2. The zero-order chi connectivity index (χ0) is 14.7. The molecule has 2 N–H and O–H groups in total. The van der Waals surface area contributed by atoms with Crippen LogP contribution in [0.15, 0.2) is 0 Å². The summed E-state index contributed by atoms with van der Waals surface area (Å²) < 4.78 is 0. The van der Waals surface area contributed by atoms with Crippen LogP contribution in [0.25, 0.3) is 0 Å². The van der Waals surface area contributed by atoms with E-state index in [9.17, 15) is 0 Å². The van der Waals surface area contributed by atoms with Gasteiger partial charge in [0, 0.05) is 13.1 Å². The first kappa shape index (κ1) is 19.9. The molecule has 0 fully saturated rings. The Hall–Kier alpha value is -0.0800. The van der Waals surface area contributed by atoms with Crippen LogP contribution in [0.5, 0.6) is 0 Å². The molecule has 0 aliphatic carbocycles. The molecule has 0 saturated heterocycles. The first-order valence-electron chi connectivity index (χ1n) is 9.37. The molecule has 0 aliphatic heterocycles. The summed E-state index contributed by atoms with van der Waals surface area (Å²) in [7, 11) is 0. The number of unbranched alkanes of at least 4 members (excludes halogenated alkanes) is 12. The summed E-state index contributed by atoms with van der Waals surface area (Å²) in [6.45, 7) is 6.82. The lowest BCUT2D eigenvalue weighted by Crippen LogP contribution is -2.33. The van der Waals surface area contributed by atoms with Gasteiger partial charge < -0.3 is 0 Å². The van der Waals surface area contributed by atoms with Crippen molar-refractivity contribution in [3.05, 3.63) is 0 Å². The summed E-state index contributed by atoms with van der Waals surface area (Å²) in [4.78, 5) is 0. The van der Waals surface area contributed by atoms with Crippen molar-refractivity contribution in [3.8, 4) is 0 Å². The minimum Gasteiger partial charge on any atom is -0.258 e. The minimum atomic E-state index is 1.13. The van der Waals surface area contributed by atoms with E-state index in [0.29, 0.717) is 0 Å². The Bertz CT molecular complexity index is 141. The highest BCUT2D eigenvalue weighted by atomic mass is 15.3. The average Bonchev–Trinajstić information content (AvgIpc) is 2.47. The maximum atomic E-state index is 3.35. The van der Waals surface area contributed by atoms with E-state index in [-0.39, 0.29) is 0 Å². The predicted molar refractivity (Wildman–Crippen MR) is 92.0 cm³/mol. The van der Waals surface area contributed by atoms with Gasteiger partial charge in [0.05, 0.1) is 0 Å². The fourth-order valence-electron chi connectivity index (χ4n) is 2.52. The van der Waals surface area contributed by atoms with Gasteiger partial charge in [0.2, 0.25) is 0 Å². The summed E-state index contributed by atoms with van der Waals surface area (Å²) in [6, 6.07) is 0. The third-order valence-electron chi connectivity index (χ3n) is 3.94. The number of nitrogens with one attached hydrogen (secondary N) is 2. The Morgan fingerprint density at radius 1 is 0.400 bits per heavy atom. The zero-order valence-corrected chi connectivity index (χ0v) is 14.3. The van der Waals surface area contributed by atoms with Gasteiger partial charge in [0.1, 0.15) is 0 Å². The second-order valence-corrected chi connectivity index (χ2v) is 6.10. The van der Waals surface area contributed by atoms with Crippen LogP contribution in [0.3, 0.4) is 0 Å². The molecule has 0 heterocycles. The summed E-state index contributed by atoms with van der Waals surface area (Å²) in [5.41, 5.74) is 6.70. The van der Waals surface area contributed by atoms with Crippen LogP contribution in [-0.4, -0.2) is 13.1 Å². The van der Waals surface area contributed by atoms with Gasteiger partial charge >= 0.3 is 0 Å². The van der Waals surface area contributed by atoms with E-state index in [1.807, 2.05) is 0 Å². The summed E-state index contributed by atoms with van der Waals surface area (Å²) in [5.74, 6) is 0. The Labute approximate surface area is 128 Å². The van der Waals surface area contributed by atoms with Gasteiger partial charge in [-0.2, -0.15) is 0 Å². The molecule has 0 aromatic heterocycles. The highest BCUT2D eigenvalue weighted by Gasteiger charge is 1.92. The van der Waals surface area contributed by atoms with Crippen molar-refractivity contribution in [3.63, 3.8) is 0 Å². The van der Waals surface area contributed by atoms with Gasteiger partial charge in [-0.15, -0.1) is 0 Å². The van der Waals surface area contributed by atoms with Crippen LogP contribution in [0.1, 0.15) is 104 Å². The lowest BCUT2D eigenvalue weighted by molar-refractivity contribution is 0.479. The first-order chi connectivity index (χ1) is 9.91. The van der Waals surface area contributed by atoms with E-state index in [4.69, 9.17) is 0 Å². The molecule has 0 spiro atoms. The summed E-state index contributed by atoms with van der Waals surface area (Å²) >= 11 is 0. The van der Waals surface area contributed by atoms with Crippen LogP contribution in [0.4, 0.5) is 0 Å². The van der Waals surface area contributed by atoms with Crippen LogP contribution >= 0.6 is 0 Å². The number of hydrogen-bond donors (Lipinski definition) is 2. The predicted octanol–water partition coefficient (Wildman–Crippen LogP) is 5.58. The second-order valence-electron chi connectivity index (χ2n) is 6.10.